The highest BCUT2D eigenvalue weighted by molar-refractivity contribution is 5.97. The fourth-order valence-corrected chi connectivity index (χ4v) is 11.1. The van der Waals surface area contributed by atoms with Gasteiger partial charge < -0.3 is 10.2 Å². The van der Waals surface area contributed by atoms with Crippen molar-refractivity contribution >= 4 is 40.5 Å². The van der Waals surface area contributed by atoms with Crippen LogP contribution >= 0.6 is 0 Å². The SMILES string of the molecule is C.CC(C)C(=O)C1=CC(O)C(C)C(O)C1.CC(C)C(=O)C1CC1.CC(C)C(=O)C1CCC1.CC(C)C(=O)C1CCCC1.CC(C)C(=O)C1CCCCC1.CC(C)C(=O)CC1CCCCC1.CC1CCC(C(=O)C(C)C)CC1. The van der Waals surface area contributed by atoms with Crippen LogP contribution in [-0.2, 0) is 33.6 Å². The maximum atomic E-state index is 11.6. The molecular weight excluding hydrogens is 961 g/mol. The van der Waals surface area contributed by atoms with Crippen molar-refractivity contribution in [2.45, 2.75) is 291 Å². The van der Waals surface area contributed by atoms with Crippen molar-refractivity contribution in [1.29, 1.82) is 0 Å². The van der Waals surface area contributed by atoms with Crippen LogP contribution in [0.1, 0.15) is 279 Å². The third-order valence-electron chi connectivity index (χ3n) is 17.2. The Labute approximate surface area is 473 Å². The first kappa shape index (κ1) is 74.3. The minimum absolute atomic E-state index is 0. The Balaban J connectivity index is 0.000000878. The van der Waals surface area contributed by atoms with Crippen molar-refractivity contribution in [2.75, 3.05) is 0 Å². The van der Waals surface area contributed by atoms with Crippen molar-refractivity contribution in [3.8, 4) is 0 Å². The summed E-state index contributed by atoms with van der Waals surface area (Å²) in [5, 5.41) is 19.2. The summed E-state index contributed by atoms with van der Waals surface area (Å²) in [5.74, 6) is 7.80. The molecule has 3 atom stereocenters. The van der Waals surface area contributed by atoms with Crippen LogP contribution in [0.5, 0.6) is 0 Å². The summed E-state index contributed by atoms with van der Waals surface area (Å²) in [7, 11) is 0. The Kier molecular flexibility index (Phi) is 38.3. The monoisotopic (exact) mass is 1080 g/mol. The van der Waals surface area contributed by atoms with Gasteiger partial charge in [-0.05, 0) is 87.7 Å². The van der Waals surface area contributed by atoms with E-state index in [9.17, 15) is 43.8 Å². The van der Waals surface area contributed by atoms with E-state index in [2.05, 4.69) is 6.92 Å². The predicted octanol–water partition coefficient (Wildman–Crippen LogP) is 16.6. The van der Waals surface area contributed by atoms with Crippen molar-refractivity contribution in [3.63, 3.8) is 0 Å². The molecule has 7 aliphatic rings. The zero-order chi connectivity index (χ0) is 57.8. The molecular formula is C68H122O9. The van der Waals surface area contributed by atoms with Crippen LogP contribution in [0.2, 0.25) is 0 Å². The van der Waals surface area contributed by atoms with E-state index < -0.39 is 12.2 Å². The van der Waals surface area contributed by atoms with E-state index in [0.29, 0.717) is 82.2 Å². The zero-order valence-electron chi connectivity index (χ0n) is 51.8. The van der Waals surface area contributed by atoms with Crippen molar-refractivity contribution in [2.24, 2.45) is 88.8 Å². The highest BCUT2D eigenvalue weighted by Gasteiger charge is 2.32. The minimum Gasteiger partial charge on any atom is -0.392 e. The van der Waals surface area contributed by atoms with Gasteiger partial charge in [-0.2, -0.15) is 0 Å². The van der Waals surface area contributed by atoms with Crippen LogP contribution < -0.4 is 0 Å². The summed E-state index contributed by atoms with van der Waals surface area (Å²) in [4.78, 5) is 79.5. The Hall–Kier alpha value is -2.65. The molecule has 6 saturated carbocycles. The summed E-state index contributed by atoms with van der Waals surface area (Å²) in [6, 6.07) is 0. The number of rotatable bonds is 15. The predicted molar refractivity (Wildman–Crippen MR) is 320 cm³/mol. The number of Topliss-reactive ketones (excluding diaryl/α,β-unsaturated/α-hetero) is 7. The first-order valence-electron chi connectivity index (χ1n) is 31.4. The number of ketones is 7. The molecule has 0 heterocycles. The van der Waals surface area contributed by atoms with Gasteiger partial charge in [-0.25, -0.2) is 0 Å². The molecule has 0 spiro atoms. The van der Waals surface area contributed by atoms with Crippen LogP contribution in [-0.4, -0.2) is 62.9 Å². The maximum absolute atomic E-state index is 11.6. The summed E-state index contributed by atoms with van der Waals surface area (Å²) in [5.41, 5.74) is 0.568. The largest absolute Gasteiger partial charge is 0.392 e. The van der Waals surface area contributed by atoms with E-state index in [1.807, 2.05) is 96.9 Å². The molecule has 448 valence electrons. The smallest absolute Gasteiger partial charge is 0.161 e. The molecule has 2 N–H and O–H groups in total. The van der Waals surface area contributed by atoms with Gasteiger partial charge in [0, 0.05) is 89.8 Å². The summed E-state index contributed by atoms with van der Waals surface area (Å²) >= 11 is 0. The van der Waals surface area contributed by atoms with Gasteiger partial charge in [0.2, 0.25) is 0 Å². The molecule has 6 fully saturated rings. The van der Waals surface area contributed by atoms with Gasteiger partial charge in [0.25, 0.3) is 0 Å². The molecule has 0 aromatic rings. The Morgan fingerprint density at radius 2 is 0.701 bits per heavy atom. The van der Waals surface area contributed by atoms with Gasteiger partial charge in [-0.1, -0.05) is 202 Å². The molecule has 0 radical (unpaired) electrons. The first-order chi connectivity index (χ1) is 35.6. The molecule has 7 rings (SSSR count). The number of hydrogen-bond donors (Lipinski definition) is 2. The molecule has 0 aliphatic heterocycles. The molecule has 0 aromatic heterocycles. The van der Waals surface area contributed by atoms with E-state index in [-0.39, 0.29) is 60.6 Å². The molecule has 77 heavy (non-hydrogen) atoms. The molecule has 0 aromatic carbocycles. The highest BCUT2D eigenvalue weighted by Crippen LogP contribution is 2.34. The van der Waals surface area contributed by atoms with Gasteiger partial charge in [0.05, 0.1) is 12.2 Å². The van der Waals surface area contributed by atoms with Gasteiger partial charge in [-0.15, -0.1) is 0 Å². The van der Waals surface area contributed by atoms with Gasteiger partial charge in [-0.3, -0.25) is 33.6 Å². The van der Waals surface area contributed by atoms with Crippen LogP contribution in [0.4, 0.5) is 0 Å². The van der Waals surface area contributed by atoms with Gasteiger partial charge in [0.15, 0.2) is 5.78 Å². The van der Waals surface area contributed by atoms with E-state index in [1.54, 1.807) is 13.0 Å². The number of aliphatic hydroxyl groups is 2. The number of hydrogen-bond acceptors (Lipinski definition) is 9. The minimum atomic E-state index is -0.698. The maximum Gasteiger partial charge on any atom is 0.161 e. The summed E-state index contributed by atoms with van der Waals surface area (Å²) in [6.07, 6.45) is 29.8. The lowest BCUT2D eigenvalue weighted by Gasteiger charge is -2.28. The van der Waals surface area contributed by atoms with Crippen LogP contribution in [0.3, 0.4) is 0 Å². The molecule has 0 bridgehead atoms. The number of carbonyl (C=O) groups is 7. The number of carbonyl (C=O) groups excluding carboxylic acids is 7. The van der Waals surface area contributed by atoms with Gasteiger partial charge >= 0.3 is 0 Å². The average Bonchev–Trinajstić information content (AvgIpc) is 4.08. The second kappa shape index (κ2) is 39.7. The van der Waals surface area contributed by atoms with Crippen LogP contribution in [0.15, 0.2) is 11.6 Å². The van der Waals surface area contributed by atoms with E-state index in [4.69, 9.17) is 0 Å². The van der Waals surface area contributed by atoms with Crippen molar-refractivity contribution in [1.82, 2.24) is 0 Å². The topological polar surface area (TPSA) is 160 Å². The molecule has 3 unspecified atom stereocenters. The third kappa shape index (κ3) is 30.1. The lowest BCUT2D eigenvalue weighted by atomic mass is 9.78. The normalized spacial score (nSPS) is 23.8. The lowest BCUT2D eigenvalue weighted by molar-refractivity contribution is -0.128. The Bertz CT molecular complexity index is 1710. The van der Waals surface area contributed by atoms with Gasteiger partial charge in [0.1, 0.15) is 34.7 Å². The summed E-state index contributed by atoms with van der Waals surface area (Å²) < 4.78 is 0. The Morgan fingerprint density at radius 1 is 0.403 bits per heavy atom. The van der Waals surface area contributed by atoms with Crippen LogP contribution in [0.25, 0.3) is 0 Å². The highest BCUT2D eigenvalue weighted by atomic mass is 16.3. The lowest BCUT2D eigenvalue weighted by Crippen LogP contribution is -2.34. The second-order valence-corrected chi connectivity index (χ2v) is 26.6. The molecule has 0 amide bonds. The Morgan fingerprint density at radius 3 is 0.974 bits per heavy atom. The van der Waals surface area contributed by atoms with Crippen LogP contribution in [0, 0.1) is 88.8 Å². The number of aliphatic hydroxyl groups excluding tert-OH is 2. The molecule has 9 heteroatoms. The summed E-state index contributed by atoms with van der Waals surface area (Å²) in [6.45, 7) is 31.7. The quantitative estimate of drug-likeness (QED) is 0.163. The zero-order valence-corrected chi connectivity index (χ0v) is 51.8. The van der Waals surface area contributed by atoms with Crippen molar-refractivity contribution < 1.29 is 43.8 Å². The fraction of sp³-hybridized carbons (Fsp3) is 0.868. The first-order valence-corrected chi connectivity index (χ1v) is 31.4. The fourth-order valence-electron chi connectivity index (χ4n) is 11.1. The molecule has 9 nitrogen and oxygen atoms in total. The third-order valence-corrected chi connectivity index (χ3v) is 17.2. The molecule has 0 saturated heterocycles. The van der Waals surface area contributed by atoms with E-state index >= 15 is 0 Å². The average molecular weight is 1080 g/mol. The van der Waals surface area contributed by atoms with Crippen molar-refractivity contribution in [3.05, 3.63) is 11.6 Å². The van der Waals surface area contributed by atoms with E-state index in [1.165, 1.54) is 83.5 Å². The standard InChI is InChI=1S/C11H18O3.2C11H20O.C10H18O.C9H16O.C8H14O.C7H12O.CH4/c1-6(2)11(14)8-4-9(12)7(3)10(13)5-8;1-8(2)11(12)10-6-4-9(3)5-7-10;1-9(2)11(12)8-10-6-4-3-5-7-10;1-8(2)10(11)9-6-4-3-5-7-9;1-7(2)9(10)8-5-3-4-6-8;1-6(2)8(9)7-4-3-5-7;1-5(2)7(8)6-3-4-6;/h4,6-7,9-10,12-13H,5H2,1-3H3;8-10H,4-7H2,1-3H3;9-10H,3-8H2,1-2H3;8-9H,3-7H2,1-2H3;7-8H,3-6H2,1-2H3;6-7H,3-5H2,1-2H3;5-6H,3-4H2,1-2H3;1H4. The second-order valence-electron chi connectivity index (χ2n) is 26.6. The molecule has 7 aliphatic carbocycles. The van der Waals surface area contributed by atoms with E-state index in [0.717, 1.165) is 76.5 Å².